The summed E-state index contributed by atoms with van der Waals surface area (Å²) in [4.78, 5) is 12.9. The molecule has 10 nitrogen and oxygen atoms in total. The maximum absolute atomic E-state index is 12.9. The summed E-state index contributed by atoms with van der Waals surface area (Å²) in [6.45, 7) is 0.487. The van der Waals surface area contributed by atoms with E-state index in [2.05, 4.69) is 15.5 Å². The highest BCUT2D eigenvalue weighted by molar-refractivity contribution is 7.89. The quantitative estimate of drug-likeness (QED) is 0.557. The molecule has 1 aliphatic heterocycles. The summed E-state index contributed by atoms with van der Waals surface area (Å²) < 4.78 is 42.9. The van der Waals surface area contributed by atoms with Gasteiger partial charge in [0.1, 0.15) is 11.5 Å². The number of hydrogen-bond donors (Lipinski definition) is 1. The van der Waals surface area contributed by atoms with Gasteiger partial charge in [-0.3, -0.25) is 10.1 Å². The van der Waals surface area contributed by atoms with Gasteiger partial charge in [0.05, 0.1) is 19.1 Å². The number of hydrogen-bond acceptors (Lipinski definition) is 8. The van der Waals surface area contributed by atoms with Crippen LogP contribution in [0.5, 0.6) is 11.5 Å². The lowest BCUT2D eigenvalue weighted by atomic mass is 9.97. The lowest BCUT2D eigenvalue weighted by molar-refractivity contribution is -0.121. The number of amides is 1. The Labute approximate surface area is 191 Å². The highest BCUT2D eigenvalue weighted by atomic mass is 32.2. The van der Waals surface area contributed by atoms with Crippen LogP contribution in [0.15, 0.2) is 57.8 Å². The summed E-state index contributed by atoms with van der Waals surface area (Å²) in [5.74, 6) is 0.922. The van der Waals surface area contributed by atoms with E-state index in [1.54, 1.807) is 43.5 Å². The number of methoxy groups -OCH3 is 2. The van der Waals surface area contributed by atoms with Gasteiger partial charge in [-0.25, -0.2) is 8.42 Å². The van der Waals surface area contributed by atoms with E-state index >= 15 is 0 Å². The summed E-state index contributed by atoms with van der Waals surface area (Å²) in [5.41, 5.74) is 0.695. The molecule has 1 aromatic heterocycles. The van der Waals surface area contributed by atoms with Gasteiger partial charge < -0.3 is 13.9 Å². The number of rotatable bonds is 7. The number of carbonyl (C=O) groups is 1. The van der Waals surface area contributed by atoms with Crippen molar-refractivity contribution in [1.82, 2.24) is 14.5 Å². The van der Waals surface area contributed by atoms with Crippen LogP contribution in [0.25, 0.3) is 11.5 Å². The minimum Gasteiger partial charge on any atom is -0.497 e. The summed E-state index contributed by atoms with van der Waals surface area (Å²) in [6, 6.07) is 13.3. The first-order valence-corrected chi connectivity index (χ1v) is 11.8. The molecule has 0 unspecified atom stereocenters. The number of benzene rings is 2. The molecule has 0 aliphatic carbocycles. The second-order valence-electron chi connectivity index (χ2n) is 7.48. The highest BCUT2D eigenvalue weighted by Gasteiger charge is 2.32. The van der Waals surface area contributed by atoms with Crippen LogP contribution in [0.3, 0.4) is 0 Å². The summed E-state index contributed by atoms with van der Waals surface area (Å²) in [7, 11) is -0.532. The number of sulfonamides is 1. The number of nitrogens with one attached hydrogen (secondary N) is 1. The third-order valence-electron chi connectivity index (χ3n) is 5.51. The number of piperidine rings is 1. The zero-order chi connectivity index (χ0) is 23.4. The molecule has 3 aromatic rings. The van der Waals surface area contributed by atoms with Crippen molar-refractivity contribution in [3.8, 4) is 23.0 Å². The van der Waals surface area contributed by atoms with Crippen LogP contribution >= 0.6 is 0 Å². The molecule has 33 heavy (non-hydrogen) atoms. The summed E-state index contributed by atoms with van der Waals surface area (Å²) >= 11 is 0. The molecule has 1 fully saturated rings. The van der Waals surface area contributed by atoms with Gasteiger partial charge in [0, 0.05) is 24.6 Å². The van der Waals surface area contributed by atoms with E-state index < -0.39 is 10.0 Å². The van der Waals surface area contributed by atoms with Gasteiger partial charge in [-0.05, 0) is 61.4 Å². The number of nitrogens with zero attached hydrogens (tertiary/aromatic N) is 3. The van der Waals surface area contributed by atoms with E-state index in [1.807, 2.05) is 0 Å². The lowest BCUT2D eigenvalue weighted by Crippen LogP contribution is -2.41. The van der Waals surface area contributed by atoms with Crippen LogP contribution in [-0.2, 0) is 14.8 Å². The first kappa shape index (κ1) is 22.7. The van der Waals surface area contributed by atoms with Crippen LogP contribution in [0.1, 0.15) is 12.8 Å². The number of carbonyl (C=O) groups excluding carboxylic acids is 1. The standard InChI is InChI=1S/C22H24N4O6S/c1-30-17-5-3-16(4-6-17)21-24-25-22(32-21)23-20(27)15-11-13-26(14-12-15)33(28,29)19-9-7-18(31-2)8-10-19/h3-10,15H,11-14H2,1-2H3,(H,23,25,27). The van der Waals surface area contributed by atoms with Gasteiger partial charge in [0.2, 0.25) is 21.8 Å². The Hall–Kier alpha value is -3.44. The zero-order valence-electron chi connectivity index (χ0n) is 18.2. The molecule has 0 bridgehead atoms. The van der Waals surface area contributed by atoms with Crippen molar-refractivity contribution < 1.29 is 27.1 Å². The fourth-order valence-corrected chi connectivity index (χ4v) is 5.06. The van der Waals surface area contributed by atoms with Crippen molar-refractivity contribution >= 4 is 21.9 Å². The molecule has 4 rings (SSSR count). The summed E-state index contributed by atoms with van der Waals surface area (Å²) in [5, 5.41) is 10.5. The molecule has 0 saturated carbocycles. The second-order valence-corrected chi connectivity index (χ2v) is 9.42. The Morgan fingerprint density at radius 1 is 0.970 bits per heavy atom. The second kappa shape index (κ2) is 9.59. The fourth-order valence-electron chi connectivity index (χ4n) is 3.59. The number of ether oxygens (including phenoxy) is 2. The predicted molar refractivity (Wildman–Crippen MR) is 119 cm³/mol. The van der Waals surface area contributed by atoms with Crippen LogP contribution in [0.2, 0.25) is 0 Å². The molecule has 174 valence electrons. The van der Waals surface area contributed by atoms with Crippen LogP contribution in [0, 0.1) is 5.92 Å². The molecule has 1 saturated heterocycles. The van der Waals surface area contributed by atoms with Crippen LogP contribution in [0.4, 0.5) is 6.01 Å². The third-order valence-corrected chi connectivity index (χ3v) is 7.43. The summed E-state index contributed by atoms with van der Waals surface area (Å²) in [6.07, 6.45) is 0.779. The molecule has 0 spiro atoms. The molecule has 0 atom stereocenters. The van der Waals surface area contributed by atoms with Crippen LogP contribution in [-0.4, -0.2) is 56.1 Å². The maximum atomic E-state index is 12.9. The number of aromatic nitrogens is 2. The van der Waals surface area contributed by atoms with Gasteiger partial charge >= 0.3 is 6.01 Å². The molecule has 1 N–H and O–H groups in total. The Bertz CT molecular complexity index is 1200. The Morgan fingerprint density at radius 3 is 2.12 bits per heavy atom. The SMILES string of the molecule is COc1ccc(-c2nnc(NC(=O)C3CCN(S(=O)(=O)c4ccc(OC)cc4)CC3)o2)cc1. The Morgan fingerprint density at radius 2 is 1.55 bits per heavy atom. The van der Waals surface area contributed by atoms with Crippen molar-refractivity contribution in [2.24, 2.45) is 5.92 Å². The Kier molecular flexibility index (Phi) is 6.61. The molecule has 2 heterocycles. The van der Waals surface area contributed by atoms with E-state index in [4.69, 9.17) is 13.9 Å². The molecule has 11 heteroatoms. The van der Waals surface area contributed by atoms with Gasteiger partial charge in [-0.1, -0.05) is 5.10 Å². The zero-order valence-corrected chi connectivity index (χ0v) is 19.0. The smallest absolute Gasteiger partial charge is 0.322 e. The topological polar surface area (TPSA) is 124 Å². The first-order chi connectivity index (χ1) is 15.9. The monoisotopic (exact) mass is 472 g/mol. The minimum atomic E-state index is -3.63. The van der Waals surface area contributed by atoms with E-state index in [0.717, 1.165) is 0 Å². The first-order valence-electron chi connectivity index (χ1n) is 10.3. The Balaban J connectivity index is 1.34. The minimum absolute atomic E-state index is 0.000831. The molecular weight excluding hydrogens is 448 g/mol. The number of anilines is 1. The molecular formula is C22H24N4O6S. The normalized spacial score (nSPS) is 15.2. The van der Waals surface area contributed by atoms with Gasteiger partial charge in [-0.2, -0.15) is 4.31 Å². The van der Waals surface area contributed by atoms with Crippen LogP contribution < -0.4 is 14.8 Å². The van der Waals surface area contributed by atoms with Gasteiger partial charge in [-0.15, -0.1) is 5.10 Å². The van der Waals surface area contributed by atoms with Crippen molar-refractivity contribution in [3.05, 3.63) is 48.5 Å². The van der Waals surface area contributed by atoms with E-state index in [0.29, 0.717) is 29.9 Å². The average molecular weight is 473 g/mol. The molecule has 2 aromatic carbocycles. The van der Waals surface area contributed by atoms with Crippen molar-refractivity contribution in [3.63, 3.8) is 0 Å². The molecule has 1 amide bonds. The lowest BCUT2D eigenvalue weighted by Gasteiger charge is -2.30. The maximum Gasteiger partial charge on any atom is 0.322 e. The van der Waals surface area contributed by atoms with E-state index in [1.165, 1.54) is 23.5 Å². The van der Waals surface area contributed by atoms with E-state index in [-0.39, 0.29) is 41.7 Å². The van der Waals surface area contributed by atoms with E-state index in [9.17, 15) is 13.2 Å². The van der Waals surface area contributed by atoms with Gasteiger partial charge in [0.15, 0.2) is 0 Å². The van der Waals surface area contributed by atoms with Gasteiger partial charge in [0.25, 0.3) is 0 Å². The third kappa shape index (κ3) is 4.99. The van der Waals surface area contributed by atoms with Crippen molar-refractivity contribution in [1.29, 1.82) is 0 Å². The van der Waals surface area contributed by atoms with Crippen molar-refractivity contribution in [2.45, 2.75) is 17.7 Å². The molecule has 1 aliphatic rings. The highest BCUT2D eigenvalue weighted by Crippen LogP contribution is 2.27. The average Bonchev–Trinajstić information content (AvgIpc) is 3.32. The van der Waals surface area contributed by atoms with Crippen molar-refractivity contribution in [2.75, 3.05) is 32.6 Å². The largest absolute Gasteiger partial charge is 0.497 e. The molecule has 0 radical (unpaired) electrons. The fraction of sp³-hybridized carbons (Fsp3) is 0.318. The predicted octanol–water partition coefficient (Wildman–Crippen LogP) is 2.79.